The third-order valence-corrected chi connectivity index (χ3v) is 4.98. The standard InChI is InChI=1S/C18H19ClN4O/c1-22(11-12-4-6-23-7-5-20-17(23)8-12)18(24)16-9-13-2-3-14(19)10-15(13)21-16/h2-3,5,7,9-10,12,21H,4,6,8,11H2,1H3/t12-/m0/s1. The summed E-state index contributed by atoms with van der Waals surface area (Å²) in [6, 6.07) is 7.48. The van der Waals surface area contributed by atoms with Crippen molar-refractivity contribution >= 4 is 28.4 Å². The van der Waals surface area contributed by atoms with Gasteiger partial charge in [-0.2, -0.15) is 0 Å². The number of aromatic nitrogens is 3. The first-order chi connectivity index (χ1) is 11.6. The van der Waals surface area contributed by atoms with Crippen LogP contribution in [0.2, 0.25) is 5.02 Å². The highest BCUT2D eigenvalue weighted by Gasteiger charge is 2.23. The molecule has 1 aliphatic rings. The van der Waals surface area contributed by atoms with E-state index in [0.717, 1.165) is 42.7 Å². The Morgan fingerprint density at radius 2 is 2.33 bits per heavy atom. The molecule has 1 aliphatic heterocycles. The van der Waals surface area contributed by atoms with Crippen molar-refractivity contribution in [2.75, 3.05) is 13.6 Å². The molecule has 1 aromatic carbocycles. The van der Waals surface area contributed by atoms with Crippen molar-refractivity contribution in [3.63, 3.8) is 0 Å². The molecule has 0 bridgehead atoms. The fourth-order valence-corrected chi connectivity index (χ4v) is 3.63. The van der Waals surface area contributed by atoms with Gasteiger partial charge in [-0.1, -0.05) is 17.7 Å². The van der Waals surface area contributed by atoms with Crippen molar-refractivity contribution in [2.24, 2.45) is 5.92 Å². The van der Waals surface area contributed by atoms with Crippen LogP contribution < -0.4 is 0 Å². The highest BCUT2D eigenvalue weighted by Crippen LogP contribution is 2.22. The van der Waals surface area contributed by atoms with Crippen LogP contribution >= 0.6 is 11.6 Å². The smallest absolute Gasteiger partial charge is 0.270 e. The molecule has 0 spiro atoms. The van der Waals surface area contributed by atoms with E-state index in [1.54, 1.807) is 4.90 Å². The van der Waals surface area contributed by atoms with Gasteiger partial charge in [-0.3, -0.25) is 4.79 Å². The van der Waals surface area contributed by atoms with Gasteiger partial charge in [0.25, 0.3) is 5.91 Å². The molecule has 1 atom stereocenters. The highest BCUT2D eigenvalue weighted by atomic mass is 35.5. The van der Waals surface area contributed by atoms with Gasteiger partial charge in [0.2, 0.25) is 0 Å². The van der Waals surface area contributed by atoms with Gasteiger partial charge in [-0.05, 0) is 30.5 Å². The van der Waals surface area contributed by atoms with E-state index >= 15 is 0 Å². The van der Waals surface area contributed by atoms with E-state index in [-0.39, 0.29) is 5.91 Å². The predicted molar refractivity (Wildman–Crippen MR) is 94.3 cm³/mol. The van der Waals surface area contributed by atoms with Gasteiger partial charge in [-0.15, -0.1) is 0 Å². The summed E-state index contributed by atoms with van der Waals surface area (Å²) in [6.45, 7) is 1.72. The molecule has 1 N–H and O–H groups in total. The number of halogens is 1. The molecule has 3 heterocycles. The van der Waals surface area contributed by atoms with Gasteiger partial charge in [0.1, 0.15) is 11.5 Å². The quantitative estimate of drug-likeness (QED) is 0.793. The number of rotatable bonds is 3. The summed E-state index contributed by atoms with van der Waals surface area (Å²) in [5, 5.41) is 1.66. The molecule has 5 nitrogen and oxygen atoms in total. The number of amides is 1. The summed E-state index contributed by atoms with van der Waals surface area (Å²) in [7, 11) is 1.86. The number of carbonyl (C=O) groups is 1. The number of nitrogens with zero attached hydrogens (tertiary/aromatic N) is 3. The van der Waals surface area contributed by atoms with Crippen LogP contribution in [0, 0.1) is 5.92 Å². The summed E-state index contributed by atoms with van der Waals surface area (Å²) in [5.74, 6) is 1.58. The minimum absolute atomic E-state index is 0.0104. The number of hydrogen-bond donors (Lipinski definition) is 1. The van der Waals surface area contributed by atoms with E-state index in [1.165, 1.54) is 0 Å². The van der Waals surface area contributed by atoms with Gasteiger partial charge in [0.15, 0.2) is 0 Å². The minimum atomic E-state index is 0.0104. The average molecular weight is 343 g/mol. The monoisotopic (exact) mass is 342 g/mol. The van der Waals surface area contributed by atoms with Crippen molar-refractivity contribution < 1.29 is 4.79 Å². The molecule has 24 heavy (non-hydrogen) atoms. The second-order valence-electron chi connectivity index (χ2n) is 6.50. The van der Waals surface area contributed by atoms with Crippen molar-refractivity contribution in [1.29, 1.82) is 0 Å². The lowest BCUT2D eigenvalue weighted by Crippen LogP contribution is -2.35. The molecule has 0 saturated carbocycles. The zero-order valence-corrected chi connectivity index (χ0v) is 14.3. The van der Waals surface area contributed by atoms with Crippen LogP contribution in [0.4, 0.5) is 0 Å². The number of benzene rings is 1. The van der Waals surface area contributed by atoms with Crippen LogP contribution in [0.5, 0.6) is 0 Å². The molecule has 0 fully saturated rings. The Kier molecular flexibility index (Phi) is 3.81. The maximum absolute atomic E-state index is 12.7. The van der Waals surface area contributed by atoms with Crippen LogP contribution in [0.1, 0.15) is 22.7 Å². The molecule has 6 heteroatoms. The van der Waals surface area contributed by atoms with Crippen LogP contribution in [0.25, 0.3) is 10.9 Å². The van der Waals surface area contributed by atoms with Crippen molar-refractivity contribution in [2.45, 2.75) is 19.4 Å². The van der Waals surface area contributed by atoms with Crippen LogP contribution in [0.3, 0.4) is 0 Å². The van der Waals surface area contributed by atoms with Gasteiger partial charge in [0, 0.05) is 54.9 Å². The molecule has 1 amide bonds. The topological polar surface area (TPSA) is 53.9 Å². The molecule has 0 saturated heterocycles. The molecular weight excluding hydrogens is 324 g/mol. The lowest BCUT2D eigenvalue weighted by Gasteiger charge is -2.27. The van der Waals surface area contributed by atoms with Crippen LogP contribution in [-0.4, -0.2) is 38.9 Å². The Hall–Kier alpha value is -2.27. The molecule has 0 radical (unpaired) electrons. The molecular formula is C18H19ClN4O. The fraction of sp³-hybridized carbons (Fsp3) is 0.333. The van der Waals surface area contributed by atoms with E-state index in [2.05, 4.69) is 14.5 Å². The van der Waals surface area contributed by atoms with E-state index in [0.29, 0.717) is 16.6 Å². The maximum atomic E-state index is 12.7. The van der Waals surface area contributed by atoms with Gasteiger partial charge in [0.05, 0.1) is 0 Å². The molecule has 4 rings (SSSR count). The first-order valence-corrected chi connectivity index (χ1v) is 8.51. The summed E-state index contributed by atoms with van der Waals surface area (Å²) in [5.41, 5.74) is 1.49. The largest absolute Gasteiger partial charge is 0.350 e. The number of hydrogen-bond acceptors (Lipinski definition) is 2. The second-order valence-corrected chi connectivity index (χ2v) is 6.93. The third-order valence-electron chi connectivity index (χ3n) is 4.74. The Labute approximate surface area is 145 Å². The summed E-state index contributed by atoms with van der Waals surface area (Å²) in [6.07, 6.45) is 5.87. The summed E-state index contributed by atoms with van der Waals surface area (Å²) in [4.78, 5) is 22.1. The molecule has 0 unspecified atom stereocenters. The number of fused-ring (bicyclic) bond motifs is 2. The SMILES string of the molecule is CN(C[C@H]1CCn2ccnc2C1)C(=O)c1cc2ccc(Cl)cc2[nH]1. The Morgan fingerprint density at radius 3 is 3.21 bits per heavy atom. The Bertz CT molecular complexity index is 897. The molecule has 2 aromatic heterocycles. The minimum Gasteiger partial charge on any atom is -0.350 e. The normalized spacial score (nSPS) is 17.0. The van der Waals surface area contributed by atoms with Crippen LogP contribution in [0.15, 0.2) is 36.7 Å². The Morgan fingerprint density at radius 1 is 1.46 bits per heavy atom. The summed E-state index contributed by atoms with van der Waals surface area (Å²) >= 11 is 6.01. The lowest BCUT2D eigenvalue weighted by atomic mass is 9.97. The molecule has 3 aromatic rings. The van der Waals surface area contributed by atoms with Gasteiger partial charge >= 0.3 is 0 Å². The first kappa shape index (κ1) is 15.3. The lowest BCUT2D eigenvalue weighted by molar-refractivity contribution is 0.0759. The highest BCUT2D eigenvalue weighted by molar-refractivity contribution is 6.31. The van der Waals surface area contributed by atoms with Crippen molar-refractivity contribution in [3.05, 3.63) is 53.2 Å². The van der Waals surface area contributed by atoms with Crippen molar-refractivity contribution in [3.8, 4) is 0 Å². The number of H-pyrrole nitrogens is 1. The van der Waals surface area contributed by atoms with Gasteiger partial charge in [-0.25, -0.2) is 4.98 Å². The number of aryl methyl sites for hydroxylation is 1. The zero-order chi connectivity index (χ0) is 16.7. The number of carbonyl (C=O) groups excluding carboxylic acids is 1. The third kappa shape index (κ3) is 2.80. The predicted octanol–water partition coefficient (Wildman–Crippen LogP) is 3.35. The maximum Gasteiger partial charge on any atom is 0.270 e. The van der Waals surface area contributed by atoms with E-state index in [9.17, 15) is 4.79 Å². The zero-order valence-electron chi connectivity index (χ0n) is 13.5. The van der Waals surface area contributed by atoms with Crippen molar-refractivity contribution in [1.82, 2.24) is 19.4 Å². The number of aromatic amines is 1. The van der Waals surface area contributed by atoms with Gasteiger partial charge < -0.3 is 14.5 Å². The fourth-order valence-electron chi connectivity index (χ4n) is 3.46. The average Bonchev–Trinajstić information content (AvgIpc) is 3.19. The number of imidazole rings is 1. The van der Waals surface area contributed by atoms with E-state index in [1.807, 2.05) is 43.7 Å². The molecule has 124 valence electrons. The number of nitrogens with one attached hydrogen (secondary N) is 1. The van der Waals surface area contributed by atoms with E-state index in [4.69, 9.17) is 11.6 Å². The van der Waals surface area contributed by atoms with E-state index < -0.39 is 0 Å². The summed E-state index contributed by atoms with van der Waals surface area (Å²) < 4.78 is 2.19. The Balaban J connectivity index is 1.47. The first-order valence-electron chi connectivity index (χ1n) is 8.14. The van der Waals surface area contributed by atoms with Crippen LogP contribution in [-0.2, 0) is 13.0 Å². The molecule has 0 aliphatic carbocycles. The second kappa shape index (κ2) is 5.98.